The third kappa shape index (κ3) is 2.10. The highest BCUT2D eigenvalue weighted by atomic mass is 79.9. The van der Waals surface area contributed by atoms with Crippen LogP contribution in [0, 0.1) is 0 Å². The van der Waals surface area contributed by atoms with Gasteiger partial charge in [-0.05, 0) is 28.9 Å². The highest BCUT2D eigenvalue weighted by Crippen LogP contribution is 2.24. The summed E-state index contributed by atoms with van der Waals surface area (Å²) in [5.74, 6) is -0.619. The van der Waals surface area contributed by atoms with Gasteiger partial charge in [0.05, 0.1) is 6.61 Å². The number of aromatic amines is 1. The largest absolute Gasteiger partial charge is 0.462 e. The molecule has 0 fully saturated rings. The van der Waals surface area contributed by atoms with Crippen molar-refractivity contribution in [1.29, 1.82) is 0 Å². The van der Waals surface area contributed by atoms with Crippen LogP contribution in [-0.2, 0) is 4.74 Å². The Kier molecular flexibility index (Phi) is 3.28. The van der Waals surface area contributed by atoms with Crippen LogP contribution in [0.3, 0.4) is 0 Å². The number of nitrogens with one attached hydrogen (secondary N) is 1. The van der Waals surface area contributed by atoms with Crippen molar-refractivity contribution in [2.75, 3.05) is 6.61 Å². The van der Waals surface area contributed by atoms with Crippen LogP contribution in [0.15, 0.2) is 33.5 Å². The van der Waals surface area contributed by atoms with E-state index in [1.807, 2.05) is 18.2 Å². The second-order valence-electron chi connectivity index (χ2n) is 3.41. The average molecular weight is 296 g/mol. The predicted octanol–water partition coefficient (Wildman–Crippen LogP) is 2.47. The van der Waals surface area contributed by atoms with Gasteiger partial charge in [0.25, 0.3) is 5.56 Å². The van der Waals surface area contributed by atoms with Gasteiger partial charge < -0.3 is 9.72 Å². The average Bonchev–Trinajstić information content (AvgIpc) is 2.29. The van der Waals surface area contributed by atoms with Gasteiger partial charge in [-0.3, -0.25) is 4.79 Å². The zero-order valence-electron chi connectivity index (χ0n) is 9.12. The molecule has 2 aromatic rings. The first kappa shape index (κ1) is 11.9. The molecule has 1 aromatic carbocycles. The first-order chi connectivity index (χ1) is 8.15. The van der Waals surface area contributed by atoms with E-state index in [1.54, 1.807) is 13.0 Å². The van der Waals surface area contributed by atoms with Crippen LogP contribution < -0.4 is 5.56 Å². The van der Waals surface area contributed by atoms with Crippen LogP contribution in [0.2, 0.25) is 0 Å². The van der Waals surface area contributed by atoms with E-state index in [-0.39, 0.29) is 12.2 Å². The quantitative estimate of drug-likeness (QED) is 0.866. The smallest absolute Gasteiger partial charge is 0.344 e. The molecule has 1 N–H and O–H groups in total. The third-order valence-corrected chi connectivity index (χ3v) is 3.16. The van der Waals surface area contributed by atoms with Gasteiger partial charge in [-0.1, -0.05) is 18.2 Å². The van der Waals surface area contributed by atoms with Crippen LogP contribution in [0.4, 0.5) is 0 Å². The summed E-state index contributed by atoms with van der Waals surface area (Å²) in [5, 5.41) is 0.773. The summed E-state index contributed by atoms with van der Waals surface area (Å²) in [5.41, 5.74) is 0.233. The molecule has 1 aromatic heterocycles. The van der Waals surface area contributed by atoms with Crippen LogP contribution in [-0.4, -0.2) is 17.6 Å². The molecule has 0 atom stereocenters. The number of hydrogen-bond donors (Lipinski definition) is 1. The Morgan fingerprint density at radius 1 is 1.41 bits per heavy atom. The number of fused-ring (bicyclic) bond motifs is 1. The molecule has 4 nitrogen and oxygen atoms in total. The number of ether oxygens (including phenoxy) is 1. The topological polar surface area (TPSA) is 59.2 Å². The van der Waals surface area contributed by atoms with E-state index in [1.165, 1.54) is 0 Å². The van der Waals surface area contributed by atoms with Crippen molar-refractivity contribution in [2.45, 2.75) is 6.92 Å². The monoisotopic (exact) mass is 295 g/mol. The lowest BCUT2D eigenvalue weighted by molar-refractivity contribution is 0.0523. The Hall–Kier alpha value is -1.62. The zero-order chi connectivity index (χ0) is 12.4. The molecule has 0 bridgehead atoms. The fourth-order valence-electron chi connectivity index (χ4n) is 1.59. The first-order valence-corrected chi connectivity index (χ1v) is 5.92. The zero-order valence-corrected chi connectivity index (χ0v) is 10.7. The summed E-state index contributed by atoms with van der Waals surface area (Å²) in [7, 11) is 0. The van der Waals surface area contributed by atoms with E-state index < -0.39 is 11.5 Å². The van der Waals surface area contributed by atoms with Gasteiger partial charge in [0.1, 0.15) is 5.56 Å². The molecular formula is C12H10BrNO3. The molecule has 0 saturated heterocycles. The van der Waals surface area contributed by atoms with Crippen LogP contribution >= 0.6 is 15.9 Å². The molecule has 5 heteroatoms. The maximum Gasteiger partial charge on any atom is 0.344 e. The van der Waals surface area contributed by atoms with E-state index in [0.717, 1.165) is 5.39 Å². The third-order valence-electron chi connectivity index (χ3n) is 2.34. The fraction of sp³-hybridized carbons (Fsp3) is 0.167. The SMILES string of the molecule is CCOC(=O)c1c(Br)c2ccccc2[nH]c1=O. The van der Waals surface area contributed by atoms with Crippen molar-refractivity contribution >= 4 is 32.8 Å². The number of pyridine rings is 1. The summed E-state index contributed by atoms with van der Waals surface area (Å²) >= 11 is 3.28. The van der Waals surface area contributed by atoms with Gasteiger partial charge in [0.15, 0.2) is 0 Å². The van der Waals surface area contributed by atoms with Gasteiger partial charge in [-0.25, -0.2) is 4.79 Å². The highest BCUT2D eigenvalue weighted by Gasteiger charge is 2.18. The fourth-order valence-corrected chi connectivity index (χ4v) is 2.28. The lowest BCUT2D eigenvalue weighted by Gasteiger charge is -2.06. The Morgan fingerprint density at radius 2 is 2.12 bits per heavy atom. The molecule has 88 valence electrons. The van der Waals surface area contributed by atoms with Gasteiger partial charge in [-0.15, -0.1) is 0 Å². The molecule has 17 heavy (non-hydrogen) atoms. The number of hydrogen-bond acceptors (Lipinski definition) is 3. The number of halogens is 1. The minimum absolute atomic E-state index is 0.00514. The molecule has 0 aliphatic rings. The van der Waals surface area contributed by atoms with Crippen molar-refractivity contribution in [3.63, 3.8) is 0 Å². The van der Waals surface area contributed by atoms with Crippen LogP contribution in [0.25, 0.3) is 10.9 Å². The Balaban J connectivity index is 2.72. The van der Waals surface area contributed by atoms with Gasteiger partial charge in [-0.2, -0.15) is 0 Å². The number of benzene rings is 1. The summed E-state index contributed by atoms with van der Waals surface area (Å²) < 4.78 is 5.32. The maximum atomic E-state index is 11.8. The number of rotatable bonds is 2. The van der Waals surface area contributed by atoms with E-state index in [9.17, 15) is 9.59 Å². The highest BCUT2D eigenvalue weighted by molar-refractivity contribution is 9.10. The summed E-state index contributed by atoms with van der Waals surface area (Å²) in [6.45, 7) is 1.93. The summed E-state index contributed by atoms with van der Waals surface area (Å²) in [6, 6.07) is 7.24. The van der Waals surface area contributed by atoms with Crippen molar-refractivity contribution in [3.05, 3.63) is 44.7 Å². The minimum atomic E-state index is -0.619. The lowest BCUT2D eigenvalue weighted by Crippen LogP contribution is -2.20. The second kappa shape index (κ2) is 4.71. The molecule has 0 aliphatic carbocycles. The van der Waals surface area contributed by atoms with Crippen LogP contribution in [0.1, 0.15) is 17.3 Å². The Bertz CT molecular complexity index is 633. The molecule has 0 saturated carbocycles. The first-order valence-electron chi connectivity index (χ1n) is 5.12. The van der Waals surface area contributed by atoms with Crippen molar-refractivity contribution in [1.82, 2.24) is 4.98 Å². The number of H-pyrrole nitrogens is 1. The molecule has 0 aliphatic heterocycles. The van der Waals surface area contributed by atoms with Crippen molar-refractivity contribution in [2.24, 2.45) is 0 Å². The number of esters is 1. The molecule has 0 spiro atoms. The number of carbonyl (C=O) groups excluding carboxylic acids is 1. The maximum absolute atomic E-state index is 11.8. The van der Waals surface area contributed by atoms with E-state index in [2.05, 4.69) is 20.9 Å². The second-order valence-corrected chi connectivity index (χ2v) is 4.20. The molecule has 0 amide bonds. The molecule has 0 radical (unpaired) electrons. The van der Waals surface area contributed by atoms with E-state index >= 15 is 0 Å². The van der Waals surface area contributed by atoms with Crippen molar-refractivity contribution < 1.29 is 9.53 Å². The minimum Gasteiger partial charge on any atom is -0.462 e. The van der Waals surface area contributed by atoms with Crippen LogP contribution in [0.5, 0.6) is 0 Å². The molecule has 0 unspecified atom stereocenters. The predicted molar refractivity (Wildman–Crippen MR) is 68.2 cm³/mol. The molecule has 1 heterocycles. The summed E-state index contributed by atoms with van der Waals surface area (Å²) in [6.07, 6.45) is 0. The van der Waals surface area contributed by atoms with Crippen molar-refractivity contribution in [3.8, 4) is 0 Å². The van der Waals surface area contributed by atoms with E-state index in [4.69, 9.17) is 4.74 Å². The Labute approximate surface area is 106 Å². The Morgan fingerprint density at radius 3 is 2.82 bits per heavy atom. The number of aromatic nitrogens is 1. The standard InChI is InChI=1S/C12H10BrNO3/c1-2-17-12(16)9-10(13)7-5-3-4-6-8(7)14-11(9)15/h3-6H,2H2,1H3,(H,14,15). The van der Waals surface area contributed by atoms with Gasteiger partial charge in [0, 0.05) is 15.4 Å². The molecular weight excluding hydrogens is 286 g/mol. The summed E-state index contributed by atoms with van der Waals surface area (Å²) in [4.78, 5) is 26.1. The van der Waals surface area contributed by atoms with E-state index in [0.29, 0.717) is 9.99 Å². The van der Waals surface area contributed by atoms with Gasteiger partial charge >= 0.3 is 5.97 Å². The number of para-hydroxylation sites is 1. The normalized spacial score (nSPS) is 10.5. The molecule has 2 rings (SSSR count). The van der Waals surface area contributed by atoms with Gasteiger partial charge in [0.2, 0.25) is 0 Å². The lowest BCUT2D eigenvalue weighted by atomic mass is 10.1. The number of carbonyl (C=O) groups is 1.